The number of hydrogen-bond acceptors (Lipinski definition) is 3. The molecule has 1 unspecified atom stereocenters. The summed E-state index contributed by atoms with van der Waals surface area (Å²) >= 11 is 0. The first-order valence-corrected chi connectivity index (χ1v) is 7.33. The van der Waals surface area contributed by atoms with Gasteiger partial charge in [-0.05, 0) is 38.0 Å². The summed E-state index contributed by atoms with van der Waals surface area (Å²) in [6, 6.07) is 8.78. The number of rotatable bonds is 4. The van der Waals surface area contributed by atoms with Crippen molar-refractivity contribution in [3.05, 3.63) is 29.8 Å². The van der Waals surface area contributed by atoms with Crippen molar-refractivity contribution in [1.82, 2.24) is 4.90 Å². The Kier molecular flexibility index (Phi) is 4.48. The van der Waals surface area contributed by atoms with E-state index in [9.17, 15) is 0 Å². The van der Waals surface area contributed by atoms with Crippen molar-refractivity contribution in [2.45, 2.75) is 32.7 Å². The van der Waals surface area contributed by atoms with Crippen molar-refractivity contribution >= 4 is 5.69 Å². The number of benzene rings is 1. The minimum absolute atomic E-state index is 0.0501. The Labute approximate surface area is 117 Å². The van der Waals surface area contributed by atoms with Crippen molar-refractivity contribution in [1.29, 1.82) is 0 Å². The van der Waals surface area contributed by atoms with E-state index in [0.29, 0.717) is 0 Å². The number of nitrogens with zero attached hydrogens (tertiary/aromatic N) is 2. The van der Waals surface area contributed by atoms with E-state index in [4.69, 9.17) is 5.73 Å². The third kappa shape index (κ3) is 3.95. The molecule has 0 amide bonds. The maximum absolute atomic E-state index is 6.26. The van der Waals surface area contributed by atoms with Gasteiger partial charge in [0, 0.05) is 44.0 Å². The molecule has 19 heavy (non-hydrogen) atoms. The number of anilines is 1. The van der Waals surface area contributed by atoms with Crippen LogP contribution in [0.25, 0.3) is 0 Å². The highest BCUT2D eigenvalue weighted by molar-refractivity contribution is 5.48. The molecule has 3 nitrogen and oxygen atoms in total. The highest BCUT2D eigenvalue weighted by Crippen LogP contribution is 2.18. The molecule has 2 rings (SSSR count). The van der Waals surface area contributed by atoms with Crippen LogP contribution in [-0.4, -0.2) is 43.2 Å². The van der Waals surface area contributed by atoms with Crippen molar-refractivity contribution in [3.8, 4) is 0 Å². The first-order valence-electron chi connectivity index (χ1n) is 7.33. The van der Waals surface area contributed by atoms with Crippen LogP contribution in [0.2, 0.25) is 0 Å². The highest BCUT2D eigenvalue weighted by atomic mass is 15.3. The predicted molar refractivity (Wildman–Crippen MR) is 82.7 cm³/mol. The molecule has 106 valence electrons. The van der Waals surface area contributed by atoms with E-state index in [0.717, 1.165) is 39.1 Å². The van der Waals surface area contributed by atoms with Gasteiger partial charge in [0.05, 0.1) is 0 Å². The summed E-state index contributed by atoms with van der Waals surface area (Å²) in [6.07, 6.45) is 1.03. The predicted octanol–water partition coefficient (Wildman–Crippen LogP) is 2.24. The zero-order valence-electron chi connectivity index (χ0n) is 12.5. The lowest BCUT2D eigenvalue weighted by Gasteiger charge is -2.39. The molecule has 0 saturated carbocycles. The van der Waals surface area contributed by atoms with Crippen LogP contribution in [0.15, 0.2) is 24.3 Å². The van der Waals surface area contributed by atoms with Gasteiger partial charge in [-0.3, -0.25) is 4.90 Å². The lowest BCUT2D eigenvalue weighted by Crippen LogP contribution is -2.54. The molecule has 3 heteroatoms. The molecule has 1 aliphatic heterocycles. The fourth-order valence-electron chi connectivity index (χ4n) is 2.61. The normalized spacial score (nSPS) is 20.3. The Morgan fingerprint density at radius 1 is 1.21 bits per heavy atom. The second-order valence-corrected chi connectivity index (χ2v) is 6.11. The van der Waals surface area contributed by atoms with E-state index in [1.165, 1.54) is 11.3 Å². The van der Waals surface area contributed by atoms with Crippen molar-refractivity contribution < 1.29 is 0 Å². The Morgan fingerprint density at radius 2 is 1.89 bits per heavy atom. The number of hydrogen-bond donors (Lipinski definition) is 1. The maximum Gasteiger partial charge on any atom is 0.0369 e. The molecule has 0 radical (unpaired) electrons. The zero-order valence-corrected chi connectivity index (χ0v) is 12.5. The van der Waals surface area contributed by atoms with Crippen molar-refractivity contribution in [2.75, 3.05) is 37.6 Å². The lowest BCUT2D eigenvalue weighted by molar-refractivity contribution is 0.203. The van der Waals surface area contributed by atoms with Gasteiger partial charge in [-0.15, -0.1) is 0 Å². The van der Waals surface area contributed by atoms with Crippen LogP contribution >= 0.6 is 0 Å². The van der Waals surface area contributed by atoms with Gasteiger partial charge < -0.3 is 10.6 Å². The van der Waals surface area contributed by atoms with E-state index in [1.807, 2.05) is 0 Å². The molecule has 1 saturated heterocycles. The largest absolute Gasteiger partial charge is 0.369 e. The first-order chi connectivity index (χ1) is 9.00. The Hall–Kier alpha value is -1.06. The molecule has 0 spiro atoms. The molecule has 0 bridgehead atoms. The molecule has 2 N–H and O–H groups in total. The van der Waals surface area contributed by atoms with E-state index >= 15 is 0 Å². The summed E-state index contributed by atoms with van der Waals surface area (Å²) in [6.45, 7) is 11.9. The summed E-state index contributed by atoms with van der Waals surface area (Å²) in [5.74, 6) is 0. The summed E-state index contributed by atoms with van der Waals surface area (Å²) in [5.41, 5.74) is 8.89. The molecule has 1 aromatic carbocycles. The highest BCUT2D eigenvalue weighted by Gasteiger charge is 2.23. The van der Waals surface area contributed by atoms with Gasteiger partial charge in [-0.2, -0.15) is 0 Å². The maximum atomic E-state index is 6.26. The summed E-state index contributed by atoms with van der Waals surface area (Å²) in [5, 5.41) is 0. The standard InChI is InChI=1S/C16H27N3/c1-4-16(3,17)13-18-8-10-19(11-9-18)15-7-5-6-14(2)12-15/h5-7,12H,4,8-11,13,17H2,1-3H3. The quantitative estimate of drug-likeness (QED) is 0.902. The SMILES string of the molecule is CCC(C)(N)CN1CCN(c2cccc(C)c2)CC1. The molecule has 1 heterocycles. The van der Waals surface area contributed by atoms with Crippen LogP contribution in [0.4, 0.5) is 5.69 Å². The second-order valence-electron chi connectivity index (χ2n) is 6.11. The van der Waals surface area contributed by atoms with Gasteiger partial charge in [0.15, 0.2) is 0 Å². The minimum atomic E-state index is -0.0501. The third-order valence-electron chi connectivity index (χ3n) is 4.13. The number of piperazine rings is 1. The summed E-state index contributed by atoms with van der Waals surface area (Å²) in [7, 11) is 0. The van der Waals surface area contributed by atoms with Crippen molar-refractivity contribution in [3.63, 3.8) is 0 Å². The molecule has 1 fully saturated rings. The average molecular weight is 261 g/mol. The van der Waals surface area contributed by atoms with E-state index in [2.05, 4.69) is 54.8 Å². The Bertz CT molecular complexity index is 406. The molecular formula is C16H27N3. The fraction of sp³-hybridized carbons (Fsp3) is 0.625. The van der Waals surface area contributed by atoms with Gasteiger partial charge in [-0.25, -0.2) is 0 Å². The lowest BCUT2D eigenvalue weighted by atomic mass is 9.99. The first kappa shape index (κ1) is 14.4. The van der Waals surface area contributed by atoms with Crippen LogP contribution in [0.1, 0.15) is 25.8 Å². The van der Waals surface area contributed by atoms with E-state index < -0.39 is 0 Å². The van der Waals surface area contributed by atoms with Crippen LogP contribution in [0, 0.1) is 6.92 Å². The van der Waals surface area contributed by atoms with E-state index in [1.54, 1.807) is 0 Å². The molecule has 0 aromatic heterocycles. The van der Waals surface area contributed by atoms with Crippen LogP contribution in [-0.2, 0) is 0 Å². The van der Waals surface area contributed by atoms with Crippen molar-refractivity contribution in [2.24, 2.45) is 5.73 Å². The summed E-state index contributed by atoms with van der Waals surface area (Å²) in [4.78, 5) is 4.97. The second kappa shape index (κ2) is 5.93. The molecule has 1 aliphatic rings. The van der Waals surface area contributed by atoms with Crippen LogP contribution in [0.3, 0.4) is 0 Å². The van der Waals surface area contributed by atoms with Gasteiger partial charge in [0.2, 0.25) is 0 Å². The van der Waals surface area contributed by atoms with Crippen LogP contribution < -0.4 is 10.6 Å². The third-order valence-corrected chi connectivity index (χ3v) is 4.13. The molecule has 0 aliphatic carbocycles. The summed E-state index contributed by atoms with van der Waals surface area (Å²) < 4.78 is 0. The Balaban J connectivity index is 1.89. The molecule has 1 atom stereocenters. The number of nitrogens with two attached hydrogens (primary N) is 1. The van der Waals surface area contributed by atoms with Gasteiger partial charge in [-0.1, -0.05) is 19.1 Å². The topological polar surface area (TPSA) is 32.5 Å². The minimum Gasteiger partial charge on any atom is -0.369 e. The smallest absolute Gasteiger partial charge is 0.0369 e. The monoisotopic (exact) mass is 261 g/mol. The van der Waals surface area contributed by atoms with Gasteiger partial charge in [0.1, 0.15) is 0 Å². The molecular weight excluding hydrogens is 234 g/mol. The fourth-order valence-corrected chi connectivity index (χ4v) is 2.61. The Morgan fingerprint density at radius 3 is 2.47 bits per heavy atom. The van der Waals surface area contributed by atoms with Gasteiger partial charge >= 0.3 is 0 Å². The van der Waals surface area contributed by atoms with Gasteiger partial charge in [0.25, 0.3) is 0 Å². The number of aryl methyl sites for hydroxylation is 1. The zero-order chi connectivity index (χ0) is 13.9. The van der Waals surface area contributed by atoms with Crippen LogP contribution in [0.5, 0.6) is 0 Å². The molecule has 1 aromatic rings. The van der Waals surface area contributed by atoms with E-state index in [-0.39, 0.29) is 5.54 Å². The average Bonchev–Trinajstić information content (AvgIpc) is 2.39.